The standard InChI is InChI=1S/C17H24FN3O3/c1-20(13-17(23)21-8-10-24-11-9-21)12-16(22)19-7-6-14-2-4-15(18)5-3-14/h2-5H,6-13H2,1H3,(H,19,22). The molecule has 0 atom stereocenters. The molecular formula is C17H24FN3O3. The first-order valence-corrected chi connectivity index (χ1v) is 8.10. The Balaban J connectivity index is 1.63. The number of ether oxygens (including phenoxy) is 1. The van der Waals surface area contributed by atoms with Gasteiger partial charge in [-0.2, -0.15) is 0 Å². The van der Waals surface area contributed by atoms with Crippen LogP contribution in [0.1, 0.15) is 5.56 Å². The van der Waals surface area contributed by atoms with E-state index in [0.29, 0.717) is 39.3 Å². The predicted octanol–water partition coefficient (Wildman–Crippen LogP) is 0.275. The second-order valence-electron chi connectivity index (χ2n) is 5.89. The molecule has 0 aromatic heterocycles. The molecule has 0 aliphatic carbocycles. The highest BCUT2D eigenvalue weighted by molar-refractivity contribution is 5.81. The van der Waals surface area contributed by atoms with Crippen LogP contribution >= 0.6 is 0 Å². The quantitative estimate of drug-likeness (QED) is 0.776. The maximum atomic E-state index is 12.8. The Morgan fingerprint density at radius 3 is 2.54 bits per heavy atom. The number of amides is 2. The molecule has 1 aromatic carbocycles. The summed E-state index contributed by atoms with van der Waals surface area (Å²) in [5.74, 6) is -0.386. The van der Waals surface area contributed by atoms with Crippen molar-refractivity contribution in [1.29, 1.82) is 0 Å². The third-order valence-electron chi connectivity index (χ3n) is 3.83. The van der Waals surface area contributed by atoms with Crippen LogP contribution in [0.3, 0.4) is 0 Å². The van der Waals surface area contributed by atoms with Gasteiger partial charge in [0, 0.05) is 19.6 Å². The molecule has 2 amide bonds. The molecule has 0 radical (unpaired) electrons. The Labute approximate surface area is 141 Å². The van der Waals surface area contributed by atoms with E-state index in [2.05, 4.69) is 5.32 Å². The van der Waals surface area contributed by atoms with E-state index in [1.165, 1.54) is 12.1 Å². The van der Waals surface area contributed by atoms with Gasteiger partial charge in [0.25, 0.3) is 0 Å². The zero-order valence-electron chi connectivity index (χ0n) is 14.0. The Morgan fingerprint density at radius 2 is 1.88 bits per heavy atom. The number of carbonyl (C=O) groups excluding carboxylic acids is 2. The summed E-state index contributed by atoms with van der Waals surface area (Å²) in [5, 5.41) is 2.81. The van der Waals surface area contributed by atoms with Gasteiger partial charge in [0.2, 0.25) is 11.8 Å². The number of benzene rings is 1. The van der Waals surface area contributed by atoms with E-state index in [9.17, 15) is 14.0 Å². The normalized spacial score (nSPS) is 14.7. The number of halogens is 1. The van der Waals surface area contributed by atoms with Crippen molar-refractivity contribution >= 4 is 11.8 Å². The first kappa shape index (κ1) is 18.4. The Morgan fingerprint density at radius 1 is 1.21 bits per heavy atom. The molecule has 1 saturated heterocycles. The second-order valence-corrected chi connectivity index (χ2v) is 5.89. The number of hydrogen-bond donors (Lipinski definition) is 1. The Bertz CT molecular complexity index is 545. The molecular weight excluding hydrogens is 313 g/mol. The minimum absolute atomic E-state index is 0.0138. The van der Waals surface area contributed by atoms with Gasteiger partial charge in [0.1, 0.15) is 5.82 Å². The fourth-order valence-electron chi connectivity index (χ4n) is 2.50. The van der Waals surface area contributed by atoms with Crippen molar-refractivity contribution in [2.45, 2.75) is 6.42 Å². The molecule has 1 aliphatic heterocycles. The van der Waals surface area contributed by atoms with E-state index >= 15 is 0 Å². The largest absolute Gasteiger partial charge is 0.378 e. The summed E-state index contributed by atoms with van der Waals surface area (Å²) in [6.07, 6.45) is 0.641. The van der Waals surface area contributed by atoms with E-state index in [0.717, 1.165) is 5.56 Å². The molecule has 0 unspecified atom stereocenters. The summed E-state index contributed by atoms with van der Waals surface area (Å²) in [6.45, 7) is 3.21. The summed E-state index contributed by atoms with van der Waals surface area (Å²) in [6, 6.07) is 6.22. The molecule has 7 heteroatoms. The van der Waals surface area contributed by atoms with Gasteiger partial charge in [0.15, 0.2) is 0 Å². The number of carbonyl (C=O) groups is 2. The van der Waals surface area contributed by atoms with Crippen LogP contribution in [0.2, 0.25) is 0 Å². The van der Waals surface area contributed by atoms with E-state index in [1.807, 2.05) is 0 Å². The molecule has 132 valence electrons. The number of nitrogens with one attached hydrogen (secondary N) is 1. The van der Waals surface area contributed by atoms with Gasteiger partial charge in [0.05, 0.1) is 26.3 Å². The van der Waals surface area contributed by atoms with Crippen molar-refractivity contribution in [2.75, 3.05) is 53.0 Å². The maximum Gasteiger partial charge on any atom is 0.236 e. The lowest BCUT2D eigenvalue weighted by atomic mass is 10.1. The fraction of sp³-hybridized carbons (Fsp3) is 0.529. The molecule has 1 aliphatic rings. The number of hydrogen-bond acceptors (Lipinski definition) is 4. The first-order valence-electron chi connectivity index (χ1n) is 8.10. The summed E-state index contributed by atoms with van der Waals surface area (Å²) >= 11 is 0. The van der Waals surface area contributed by atoms with Crippen LogP contribution in [0.4, 0.5) is 4.39 Å². The topological polar surface area (TPSA) is 61.9 Å². The highest BCUT2D eigenvalue weighted by Crippen LogP contribution is 2.03. The van der Waals surface area contributed by atoms with Crippen molar-refractivity contribution in [3.8, 4) is 0 Å². The highest BCUT2D eigenvalue weighted by atomic mass is 19.1. The van der Waals surface area contributed by atoms with E-state index < -0.39 is 0 Å². The molecule has 6 nitrogen and oxygen atoms in total. The second kappa shape index (κ2) is 9.34. The van der Waals surface area contributed by atoms with Gasteiger partial charge in [-0.25, -0.2) is 4.39 Å². The zero-order chi connectivity index (χ0) is 17.4. The lowest BCUT2D eigenvalue weighted by Crippen LogP contribution is -2.46. The van der Waals surface area contributed by atoms with Crippen LogP contribution < -0.4 is 5.32 Å². The Kier molecular flexibility index (Phi) is 7.14. The van der Waals surface area contributed by atoms with E-state index in [1.54, 1.807) is 29.0 Å². The fourth-order valence-corrected chi connectivity index (χ4v) is 2.50. The SMILES string of the molecule is CN(CC(=O)NCCc1ccc(F)cc1)CC(=O)N1CCOCC1. The average molecular weight is 337 g/mol. The van der Waals surface area contributed by atoms with Crippen molar-refractivity contribution in [3.63, 3.8) is 0 Å². The van der Waals surface area contributed by atoms with Gasteiger partial charge in [-0.3, -0.25) is 14.5 Å². The number of rotatable bonds is 7. The predicted molar refractivity (Wildman–Crippen MR) is 88.0 cm³/mol. The minimum atomic E-state index is -0.269. The van der Waals surface area contributed by atoms with Crippen LogP contribution in [0.15, 0.2) is 24.3 Å². The van der Waals surface area contributed by atoms with Crippen molar-refractivity contribution in [2.24, 2.45) is 0 Å². The van der Waals surface area contributed by atoms with Gasteiger partial charge >= 0.3 is 0 Å². The van der Waals surface area contributed by atoms with Crippen LogP contribution in [-0.4, -0.2) is 74.6 Å². The number of likely N-dealkylation sites (N-methyl/N-ethyl adjacent to an activating group) is 1. The molecule has 2 rings (SSSR count). The summed E-state index contributed by atoms with van der Waals surface area (Å²) in [5.41, 5.74) is 0.965. The van der Waals surface area contributed by atoms with Gasteiger partial charge < -0.3 is 15.0 Å². The minimum Gasteiger partial charge on any atom is -0.378 e. The molecule has 1 fully saturated rings. The molecule has 0 saturated carbocycles. The average Bonchev–Trinajstić information content (AvgIpc) is 2.57. The van der Waals surface area contributed by atoms with E-state index in [4.69, 9.17) is 4.74 Å². The summed E-state index contributed by atoms with van der Waals surface area (Å²) in [7, 11) is 1.75. The zero-order valence-corrected chi connectivity index (χ0v) is 14.0. The van der Waals surface area contributed by atoms with Gasteiger partial charge in [-0.15, -0.1) is 0 Å². The third kappa shape index (κ3) is 6.25. The van der Waals surface area contributed by atoms with Crippen LogP contribution in [-0.2, 0) is 20.7 Å². The monoisotopic (exact) mass is 337 g/mol. The molecule has 1 N–H and O–H groups in total. The van der Waals surface area contributed by atoms with Gasteiger partial charge in [-0.05, 0) is 31.2 Å². The van der Waals surface area contributed by atoms with Crippen molar-refractivity contribution < 1.29 is 18.7 Å². The molecule has 1 aromatic rings. The van der Waals surface area contributed by atoms with E-state index in [-0.39, 0.29) is 30.7 Å². The molecule has 1 heterocycles. The van der Waals surface area contributed by atoms with Crippen LogP contribution in [0.5, 0.6) is 0 Å². The highest BCUT2D eigenvalue weighted by Gasteiger charge is 2.18. The third-order valence-corrected chi connectivity index (χ3v) is 3.83. The van der Waals surface area contributed by atoms with Crippen LogP contribution in [0.25, 0.3) is 0 Å². The lowest BCUT2D eigenvalue weighted by Gasteiger charge is -2.28. The number of nitrogens with zero attached hydrogens (tertiary/aromatic N) is 2. The summed E-state index contributed by atoms with van der Waals surface area (Å²) in [4.78, 5) is 27.4. The molecule has 0 spiro atoms. The summed E-state index contributed by atoms with van der Waals surface area (Å²) < 4.78 is 18.0. The number of morpholine rings is 1. The molecule has 24 heavy (non-hydrogen) atoms. The van der Waals surface area contributed by atoms with Crippen molar-refractivity contribution in [3.05, 3.63) is 35.6 Å². The Hall–Kier alpha value is -1.99. The first-order chi connectivity index (χ1) is 11.5. The van der Waals surface area contributed by atoms with Crippen molar-refractivity contribution in [1.82, 2.24) is 15.1 Å². The smallest absolute Gasteiger partial charge is 0.236 e. The van der Waals surface area contributed by atoms with Crippen LogP contribution in [0, 0.1) is 5.82 Å². The van der Waals surface area contributed by atoms with Gasteiger partial charge in [-0.1, -0.05) is 12.1 Å². The maximum absolute atomic E-state index is 12.8. The lowest BCUT2D eigenvalue weighted by molar-refractivity contribution is -0.136. The molecule has 0 bridgehead atoms.